The van der Waals surface area contributed by atoms with Crippen molar-refractivity contribution in [3.8, 4) is 0 Å². The number of pyridine rings is 1. The molecule has 1 N–H and O–H groups in total. The van der Waals surface area contributed by atoms with Gasteiger partial charge in [0.1, 0.15) is 5.82 Å². The molecule has 0 unspecified atom stereocenters. The third-order valence-electron chi connectivity index (χ3n) is 3.97. The van der Waals surface area contributed by atoms with Crippen molar-refractivity contribution in [3.63, 3.8) is 0 Å². The predicted octanol–water partition coefficient (Wildman–Crippen LogP) is 1.54. The van der Waals surface area contributed by atoms with E-state index in [1.165, 1.54) is 4.68 Å². The van der Waals surface area contributed by atoms with Crippen LogP contribution >= 0.6 is 11.6 Å². The molecule has 1 fully saturated rings. The van der Waals surface area contributed by atoms with Crippen molar-refractivity contribution < 1.29 is 4.74 Å². The quantitative estimate of drug-likeness (QED) is 0.882. The van der Waals surface area contributed by atoms with E-state index >= 15 is 0 Å². The molecule has 0 aliphatic carbocycles. The number of aryl methyl sites for hydroxylation is 1. The molecule has 0 spiro atoms. The molecular formula is C16H20ClN5O2. The summed E-state index contributed by atoms with van der Waals surface area (Å²) in [6, 6.07) is 5.22. The number of rotatable bonds is 5. The molecule has 128 valence electrons. The van der Waals surface area contributed by atoms with Gasteiger partial charge < -0.3 is 15.0 Å². The SMILES string of the molecule is Cn1ncc(N2CCO[C@H](CCNc3ncccc3Cl)C2)cc1=O. The summed E-state index contributed by atoms with van der Waals surface area (Å²) >= 11 is 6.07. The number of nitrogens with one attached hydrogen (secondary N) is 1. The van der Waals surface area contributed by atoms with Gasteiger partial charge in [0, 0.05) is 38.9 Å². The third-order valence-corrected chi connectivity index (χ3v) is 4.28. The molecule has 0 amide bonds. The summed E-state index contributed by atoms with van der Waals surface area (Å²) in [5, 5.41) is 7.91. The van der Waals surface area contributed by atoms with Gasteiger partial charge in [-0.1, -0.05) is 11.6 Å². The van der Waals surface area contributed by atoms with E-state index in [1.807, 2.05) is 0 Å². The maximum Gasteiger partial charge on any atom is 0.268 e. The zero-order valence-electron chi connectivity index (χ0n) is 13.5. The molecule has 2 aromatic heterocycles. The lowest BCUT2D eigenvalue weighted by Gasteiger charge is -2.34. The van der Waals surface area contributed by atoms with Crippen LogP contribution in [0.5, 0.6) is 0 Å². The van der Waals surface area contributed by atoms with Crippen LogP contribution in [-0.2, 0) is 11.8 Å². The Kier molecular flexibility index (Phi) is 5.32. The number of aromatic nitrogens is 3. The molecule has 7 nitrogen and oxygen atoms in total. The van der Waals surface area contributed by atoms with Crippen molar-refractivity contribution >= 4 is 23.1 Å². The first-order valence-corrected chi connectivity index (χ1v) is 8.25. The first-order chi connectivity index (χ1) is 11.6. The zero-order chi connectivity index (χ0) is 16.9. The Balaban J connectivity index is 1.55. The number of anilines is 2. The highest BCUT2D eigenvalue weighted by Crippen LogP contribution is 2.19. The molecule has 1 saturated heterocycles. The number of nitrogens with zero attached hydrogens (tertiary/aromatic N) is 4. The van der Waals surface area contributed by atoms with E-state index in [0.29, 0.717) is 24.0 Å². The van der Waals surface area contributed by atoms with Crippen LogP contribution in [0.3, 0.4) is 0 Å². The second kappa shape index (κ2) is 7.63. The number of ether oxygens (including phenoxy) is 1. The summed E-state index contributed by atoms with van der Waals surface area (Å²) in [4.78, 5) is 18.1. The molecule has 2 aromatic rings. The fraction of sp³-hybridized carbons (Fsp3) is 0.438. The Bertz CT molecular complexity index is 751. The lowest BCUT2D eigenvalue weighted by molar-refractivity contribution is 0.0374. The Hall–Kier alpha value is -2.12. The first kappa shape index (κ1) is 16.7. The number of morpholine rings is 1. The summed E-state index contributed by atoms with van der Waals surface area (Å²) in [5.41, 5.74) is 0.731. The van der Waals surface area contributed by atoms with Gasteiger partial charge in [-0.05, 0) is 18.6 Å². The second-order valence-electron chi connectivity index (χ2n) is 5.66. The molecule has 3 heterocycles. The standard InChI is InChI=1S/C16H20ClN5O2/c1-21-15(23)9-12(10-20-21)22-7-8-24-13(11-22)4-6-19-16-14(17)3-2-5-18-16/h2-3,5,9-10,13H,4,6-8,11H2,1H3,(H,18,19)/t13-/m1/s1. The summed E-state index contributed by atoms with van der Waals surface area (Å²) < 4.78 is 7.13. The van der Waals surface area contributed by atoms with Crippen molar-refractivity contribution in [2.24, 2.45) is 7.05 Å². The minimum Gasteiger partial charge on any atom is -0.374 e. The monoisotopic (exact) mass is 349 g/mol. The molecule has 24 heavy (non-hydrogen) atoms. The van der Waals surface area contributed by atoms with E-state index < -0.39 is 0 Å². The van der Waals surface area contributed by atoms with E-state index in [4.69, 9.17) is 16.3 Å². The van der Waals surface area contributed by atoms with Gasteiger partial charge in [0.25, 0.3) is 5.56 Å². The molecule has 0 aromatic carbocycles. The molecular weight excluding hydrogens is 330 g/mol. The molecule has 0 bridgehead atoms. The van der Waals surface area contributed by atoms with Gasteiger partial charge in [0.2, 0.25) is 0 Å². The van der Waals surface area contributed by atoms with Crippen LogP contribution in [0.1, 0.15) is 6.42 Å². The Morgan fingerprint density at radius 2 is 2.38 bits per heavy atom. The van der Waals surface area contributed by atoms with Gasteiger partial charge in [-0.2, -0.15) is 5.10 Å². The van der Waals surface area contributed by atoms with E-state index in [0.717, 1.165) is 25.2 Å². The van der Waals surface area contributed by atoms with Gasteiger partial charge in [0.15, 0.2) is 0 Å². The van der Waals surface area contributed by atoms with E-state index in [9.17, 15) is 4.79 Å². The average Bonchev–Trinajstić information content (AvgIpc) is 2.59. The average molecular weight is 350 g/mol. The molecule has 0 radical (unpaired) electrons. The maximum absolute atomic E-state index is 11.7. The summed E-state index contributed by atoms with van der Waals surface area (Å²) in [6.07, 6.45) is 4.32. The van der Waals surface area contributed by atoms with Crippen LogP contribution in [0.15, 0.2) is 35.4 Å². The third kappa shape index (κ3) is 4.04. The summed E-state index contributed by atoms with van der Waals surface area (Å²) in [5.74, 6) is 0.683. The van der Waals surface area contributed by atoms with Gasteiger partial charge in [-0.15, -0.1) is 0 Å². The van der Waals surface area contributed by atoms with Gasteiger partial charge in [-0.3, -0.25) is 4.79 Å². The van der Waals surface area contributed by atoms with Crippen molar-refractivity contribution in [3.05, 3.63) is 46.0 Å². The van der Waals surface area contributed by atoms with Crippen LogP contribution in [-0.4, -0.2) is 47.1 Å². The van der Waals surface area contributed by atoms with Crippen molar-refractivity contribution in [2.75, 3.05) is 36.5 Å². The molecule has 1 atom stereocenters. The summed E-state index contributed by atoms with van der Waals surface area (Å²) in [6.45, 7) is 2.82. The first-order valence-electron chi connectivity index (χ1n) is 7.88. The lowest BCUT2D eigenvalue weighted by atomic mass is 10.2. The van der Waals surface area contributed by atoms with Gasteiger partial charge in [-0.25, -0.2) is 9.67 Å². The van der Waals surface area contributed by atoms with E-state index in [-0.39, 0.29) is 11.7 Å². The Labute approximate surface area is 145 Å². The van der Waals surface area contributed by atoms with E-state index in [1.54, 1.807) is 37.6 Å². The fourth-order valence-electron chi connectivity index (χ4n) is 2.63. The lowest BCUT2D eigenvalue weighted by Crippen LogP contribution is -2.43. The highest BCUT2D eigenvalue weighted by Gasteiger charge is 2.21. The second-order valence-corrected chi connectivity index (χ2v) is 6.07. The smallest absolute Gasteiger partial charge is 0.268 e. The molecule has 8 heteroatoms. The van der Waals surface area contributed by atoms with Crippen LogP contribution < -0.4 is 15.8 Å². The Morgan fingerprint density at radius 1 is 1.50 bits per heavy atom. The predicted molar refractivity (Wildman–Crippen MR) is 93.8 cm³/mol. The minimum absolute atomic E-state index is 0.0813. The van der Waals surface area contributed by atoms with Crippen LogP contribution in [0.25, 0.3) is 0 Å². The molecule has 1 aliphatic heterocycles. The van der Waals surface area contributed by atoms with Gasteiger partial charge >= 0.3 is 0 Å². The highest BCUT2D eigenvalue weighted by molar-refractivity contribution is 6.32. The molecule has 1 aliphatic rings. The van der Waals surface area contributed by atoms with Crippen molar-refractivity contribution in [1.82, 2.24) is 14.8 Å². The van der Waals surface area contributed by atoms with Crippen LogP contribution in [0.2, 0.25) is 5.02 Å². The maximum atomic E-state index is 11.7. The van der Waals surface area contributed by atoms with Crippen molar-refractivity contribution in [2.45, 2.75) is 12.5 Å². The van der Waals surface area contributed by atoms with Crippen LogP contribution in [0, 0.1) is 0 Å². The fourth-order valence-corrected chi connectivity index (χ4v) is 2.82. The van der Waals surface area contributed by atoms with Crippen LogP contribution in [0.4, 0.5) is 11.5 Å². The molecule has 0 saturated carbocycles. The number of halogens is 1. The Morgan fingerprint density at radius 3 is 3.17 bits per heavy atom. The zero-order valence-corrected chi connectivity index (χ0v) is 14.2. The topological polar surface area (TPSA) is 72.3 Å². The van der Waals surface area contributed by atoms with E-state index in [2.05, 4.69) is 20.3 Å². The van der Waals surface area contributed by atoms with Crippen molar-refractivity contribution in [1.29, 1.82) is 0 Å². The minimum atomic E-state index is -0.109. The van der Waals surface area contributed by atoms with Gasteiger partial charge in [0.05, 0.1) is 29.6 Å². The number of hydrogen-bond donors (Lipinski definition) is 1. The normalized spacial score (nSPS) is 17.8. The summed E-state index contributed by atoms with van der Waals surface area (Å²) in [7, 11) is 1.64. The molecule has 3 rings (SSSR count). The number of hydrogen-bond acceptors (Lipinski definition) is 6. The largest absolute Gasteiger partial charge is 0.374 e. The highest BCUT2D eigenvalue weighted by atomic mass is 35.5.